The van der Waals surface area contributed by atoms with Crippen molar-refractivity contribution in [3.63, 3.8) is 0 Å². The van der Waals surface area contributed by atoms with Gasteiger partial charge in [-0.3, -0.25) is 0 Å². The standard InChI is InChI=1S/C23H25N3O/c1-2-10-25-11-8-23(15-20(25)3-1)14-19-13-17(4-6-21(19)27-23)18-5-7-22-24-9-12-26(22)16-18/h4-7,9,12-13,16,20H,1-3,8,10-11,14-15H2/t20-,23+/m0/s1. The van der Waals surface area contributed by atoms with Crippen LogP contribution in [0.4, 0.5) is 0 Å². The van der Waals surface area contributed by atoms with Crippen molar-refractivity contribution in [1.29, 1.82) is 0 Å². The van der Waals surface area contributed by atoms with Gasteiger partial charge in [0.2, 0.25) is 0 Å². The Morgan fingerprint density at radius 3 is 3.04 bits per heavy atom. The summed E-state index contributed by atoms with van der Waals surface area (Å²) in [7, 11) is 0. The van der Waals surface area contributed by atoms with Gasteiger partial charge in [0.1, 0.15) is 17.0 Å². The Morgan fingerprint density at radius 1 is 1.07 bits per heavy atom. The maximum Gasteiger partial charge on any atom is 0.136 e. The Morgan fingerprint density at radius 2 is 2.04 bits per heavy atom. The lowest BCUT2D eigenvalue weighted by molar-refractivity contribution is -0.0249. The van der Waals surface area contributed by atoms with Gasteiger partial charge < -0.3 is 14.0 Å². The number of nitrogens with zero attached hydrogens (tertiary/aromatic N) is 3. The van der Waals surface area contributed by atoms with Crippen molar-refractivity contribution in [3.05, 3.63) is 54.5 Å². The van der Waals surface area contributed by atoms with Crippen LogP contribution in [0.1, 0.15) is 37.7 Å². The van der Waals surface area contributed by atoms with Gasteiger partial charge in [-0.1, -0.05) is 12.5 Å². The van der Waals surface area contributed by atoms with Crippen molar-refractivity contribution in [1.82, 2.24) is 14.3 Å². The molecule has 27 heavy (non-hydrogen) atoms. The Hall–Kier alpha value is -2.33. The highest BCUT2D eigenvalue weighted by molar-refractivity contribution is 5.67. The van der Waals surface area contributed by atoms with Gasteiger partial charge in [0.15, 0.2) is 0 Å². The number of rotatable bonds is 1. The molecular weight excluding hydrogens is 334 g/mol. The largest absolute Gasteiger partial charge is 0.487 e. The normalized spacial score (nSPS) is 27.5. The summed E-state index contributed by atoms with van der Waals surface area (Å²) in [4.78, 5) is 7.04. The van der Waals surface area contributed by atoms with Gasteiger partial charge in [-0.05, 0) is 60.3 Å². The van der Waals surface area contributed by atoms with Crippen molar-refractivity contribution in [2.24, 2.45) is 0 Å². The fourth-order valence-corrected chi connectivity index (χ4v) is 5.42. The van der Waals surface area contributed by atoms with Crippen molar-refractivity contribution in [2.45, 2.75) is 50.2 Å². The van der Waals surface area contributed by atoms with E-state index in [1.807, 2.05) is 12.4 Å². The second kappa shape index (κ2) is 5.83. The van der Waals surface area contributed by atoms with Crippen molar-refractivity contribution in [2.75, 3.05) is 13.1 Å². The molecule has 0 unspecified atom stereocenters. The molecule has 4 nitrogen and oxygen atoms in total. The summed E-state index contributed by atoms with van der Waals surface area (Å²) in [5.41, 5.74) is 4.89. The number of pyridine rings is 1. The number of hydrogen-bond acceptors (Lipinski definition) is 3. The summed E-state index contributed by atoms with van der Waals surface area (Å²) < 4.78 is 8.67. The minimum Gasteiger partial charge on any atom is -0.487 e. The van der Waals surface area contributed by atoms with E-state index in [-0.39, 0.29) is 5.60 Å². The molecule has 5 heterocycles. The molecule has 3 aliphatic heterocycles. The lowest BCUT2D eigenvalue weighted by Gasteiger charge is -2.46. The average molecular weight is 359 g/mol. The fourth-order valence-electron chi connectivity index (χ4n) is 5.42. The molecule has 2 atom stereocenters. The molecule has 0 aliphatic carbocycles. The van der Waals surface area contributed by atoms with E-state index >= 15 is 0 Å². The second-order valence-corrected chi connectivity index (χ2v) is 8.53. The molecule has 0 amide bonds. The van der Waals surface area contributed by atoms with Crippen LogP contribution in [0.25, 0.3) is 16.8 Å². The molecule has 4 heteroatoms. The lowest BCUT2D eigenvalue weighted by Crippen LogP contribution is -2.54. The zero-order chi connectivity index (χ0) is 17.8. The Labute approximate surface area is 159 Å². The fraction of sp³-hybridized carbons (Fsp3) is 0.435. The number of imidazole rings is 1. The van der Waals surface area contributed by atoms with Gasteiger partial charge in [-0.25, -0.2) is 4.98 Å². The van der Waals surface area contributed by atoms with Gasteiger partial charge in [0.25, 0.3) is 0 Å². The highest BCUT2D eigenvalue weighted by Crippen LogP contribution is 2.45. The molecule has 0 saturated carbocycles. The van der Waals surface area contributed by atoms with Crippen LogP contribution in [0.5, 0.6) is 5.75 Å². The minimum atomic E-state index is 0.0355. The van der Waals surface area contributed by atoms with E-state index in [1.54, 1.807) is 0 Å². The summed E-state index contributed by atoms with van der Waals surface area (Å²) in [6, 6.07) is 11.7. The van der Waals surface area contributed by atoms with Gasteiger partial charge in [-0.2, -0.15) is 0 Å². The lowest BCUT2D eigenvalue weighted by atomic mass is 9.80. The van der Waals surface area contributed by atoms with Crippen LogP contribution in [-0.4, -0.2) is 39.0 Å². The van der Waals surface area contributed by atoms with Crippen LogP contribution in [-0.2, 0) is 6.42 Å². The van der Waals surface area contributed by atoms with Crippen LogP contribution in [0.15, 0.2) is 48.9 Å². The molecule has 3 aromatic rings. The summed E-state index contributed by atoms with van der Waals surface area (Å²) in [6.45, 7) is 2.48. The number of hydrogen-bond donors (Lipinski definition) is 0. The quantitative estimate of drug-likeness (QED) is 0.648. The molecule has 6 rings (SSSR count). The van der Waals surface area contributed by atoms with E-state index in [4.69, 9.17) is 4.74 Å². The first-order chi connectivity index (χ1) is 13.3. The number of aromatic nitrogens is 2. The molecule has 0 bridgehead atoms. The molecule has 0 N–H and O–H groups in total. The van der Waals surface area contributed by atoms with Crippen molar-refractivity contribution < 1.29 is 4.74 Å². The maximum atomic E-state index is 6.59. The summed E-state index contributed by atoms with van der Waals surface area (Å²) in [5, 5.41) is 0. The van der Waals surface area contributed by atoms with Crippen LogP contribution in [0, 0.1) is 0 Å². The first kappa shape index (κ1) is 15.7. The molecular formula is C23H25N3O. The van der Waals surface area contributed by atoms with Crippen LogP contribution in [0.2, 0.25) is 0 Å². The Bertz CT molecular complexity index is 1010. The van der Waals surface area contributed by atoms with Crippen LogP contribution < -0.4 is 4.74 Å². The zero-order valence-electron chi connectivity index (χ0n) is 15.6. The molecule has 1 spiro atoms. The summed E-state index contributed by atoms with van der Waals surface area (Å²) in [6.07, 6.45) is 13.5. The molecule has 2 aromatic heterocycles. The molecule has 2 fully saturated rings. The first-order valence-electron chi connectivity index (χ1n) is 10.3. The van der Waals surface area contributed by atoms with Crippen molar-refractivity contribution in [3.8, 4) is 16.9 Å². The Kier molecular flexibility index (Phi) is 3.39. The molecule has 0 radical (unpaired) electrons. The summed E-state index contributed by atoms with van der Waals surface area (Å²) in [5.74, 6) is 1.10. The highest BCUT2D eigenvalue weighted by atomic mass is 16.5. The second-order valence-electron chi connectivity index (χ2n) is 8.53. The van der Waals surface area contributed by atoms with Crippen LogP contribution >= 0.6 is 0 Å². The smallest absolute Gasteiger partial charge is 0.136 e. The number of ether oxygens (including phenoxy) is 1. The maximum absolute atomic E-state index is 6.59. The monoisotopic (exact) mass is 359 g/mol. The predicted molar refractivity (Wildman–Crippen MR) is 106 cm³/mol. The topological polar surface area (TPSA) is 29.8 Å². The zero-order valence-corrected chi connectivity index (χ0v) is 15.6. The molecule has 2 saturated heterocycles. The van der Waals surface area contributed by atoms with E-state index < -0.39 is 0 Å². The number of piperidine rings is 2. The van der Waals surface area contributed by atoms with Crippen molar-refractivity contribution >= 4 is 5.65 Å². The van der Waals surface area contributed by atoms with Gasteiger partial charge in [0.05, 0.1) is 0 Å². The van der Waals surface area contributed by atoms with E-state index in [0.717, 1.165) is 30.3 Å². The number of benzene rings is 1. The third-order valence-electron chi connectivity index (χ3n) is 6.83. The summed E-state index contributed by atoms with van der Waals surface area (Å²) >= 11 is 0. The highest BCUT2D eigenvalue weighted by Gasteiger charge is 2.46. The van der Waals surface area contributed by atoms with Gasteiger partial charge >= 0.3 is 0 Å². The Balaban J connectivity index is 1.29. The van der Waals surface area contributed by atoms with E-state index in [9.17, 15) is 0 Å². The minimum absolute atomic E-state index is 0.0355. The van der Waals surface area contributed by atoms with E-state index in [1.165, 1.54) is 55.5 Å². The van der Waals surface area contributed by atoms with E-state index in [0.29, 0.717) is 0 Å². The van der Waals surface area contributed by atoms with Gasteiger partial charge in [0, 0.05) is 50.4 Å². The molecule has 3 aliphatic rings. The first-order valence-corrected chi connectivity index (χ1v) is 10.3. The molecule has 138 valence electrons. The average Bonchev–Trinajstić information content (AvgIpc) is 3.30. The predicted octanol–water partition coefficient (Wildman–Crippen LogP) is 4.32. The SMILES string of the molecule is c1cn2cc(-c3ccc4c(c3)C[C@@]3(CCN5CCCC[C@H]5C3)O4)ccc2n1. The van der Waals surface area contributed by atoms with Gasteiger partial charge in [-0.15, -0.1) is 0 Å². The van der Waals surface area contributed by atoms with E-state index in [2.05, 4.69) is 50.8 Å². The van der Waals surface area contributed by atoms with Crippen LogP contribution in [0.3, 0.4) is 0 Å². The third kappa shape index (κ3) is 2.58. The number of fused-ring (bicyclic) bond motifs is 3. The third-order valence-corrected chi connectivity index (χ3v) is 6.83. The molecule has 1 aromatic carbocycles.